The highest BCUT2D eigenvalue weighted by Crippen LogP contribution is 2.20. The van der Waals surface area contributed by atoms with Gasteiger partial charge in [-0.15, -0.1) is 0 Å². The van der Waals surface area contributed by atoms with Crippen LogP contribution in [-0.2, 0) is 0 Å². The summed E-state index contributed by atoms with van der Waals surface area (Å²) in [4.78, 5) is 23.4. The Balaban J connectivity index is 2.23. The molecule has 0 radical (unpaired) electrons. The van der Waals surface area contributed by atoms with Crippen molar-refractivity contribution in [3.8, 4) is 0 Å². The van der Waals surface area contributed by atoms with Gasteiger partial charge in [-0.25, -0.2) is 0 Å². The second-order valence-corrected chi connectivity index (χ2v) is 4.76. The first kappa shape index (κ1) is 14.1. The highest BCUT2D eigenvalue weighted by Gasteiger charge is 2.11. The van der Waals surface area contributed by atoms with Gasteiger partial charge in [-0.05, 0) is 37.3 Å². The number of Topliss-reactive ketones (excluding diaryl/α,β-unsaturated/α-hetero) is 1. The second-order valence-electron chi connectivity index (χ2n) is 4.32. The molecule has 0 heterocycles. The van der Waals surface area contributed by atoms with Gasteiger partial charge in [0.2, 0.25) is 0 Å². The lowest BCUT2D eigenvalue weighted by atomic mass is 10.1. The number of hydrogen-bond acceptors (Lipinski definition) is 3. The van der Waals surface area contributed by atoms with Crippen molar-refractivity contribution in [2.75, 3.05) is 11.1 Å². The molecular weight excluding hydrogens is 276 g/mol. The summed E-state index contributed by atoms with van der Waals surface area (Å²) in [5.74, 6) is -0.410. The molecule has 2 rings (SSSR count). The molecule has 3 N–H and O–H groups in total. The zero-order chi connectivity index (χ0) is 14.7. The molecule has 0 atom stereocenters. The topological polar surface area (TPSA) is 72.2 Å². The Morgan fingerprint density at radius 1 is 1.15 bits per heavy atom. The molecule has 4 nitrogen and oxygen atoms in total. The first-order chi connectivity index (χ1) is 9.47. The standard InChI is InChI=1S/C15H13ClN2O2/c1-9(19)10-3-2-4-12(7-10)18-15(20)13-6-5-11(16)8-14(13)17/h2-8H,17H2,1H3,(H,18,20). The maximum Gasteiger partial charge on any atom is 0.257 e. The summed E-state index contributed by atoms with van der Waals surface area (Å²) in [5.41, 5.74) is 7.47. The van der Waals surface area contributed by atoms with Crippen molar-refractivity contribution in [3.05, 3.63) is 58.6 Å². The van der Waals surface area contributed by atoms with Crippen LogP contribution in [0.1, 0.15) is 27.6 Å². The zero-order valence-electron chi connectivity index (χ0n) is 10.8. The van der Waals surface area contributed by atoms with Crippen LogP contribution < -0.4 is 11.1 Å². The number of anilines is 2. The van der Waals surface area contributed by atoms with Crippen LogP contribution >= 0.6 is 11.6 Å². The number of carbonyl (C=O) groups excluding carboxylic acids is 2. The van der Waals surface area contributed by atoms with E-state index in [1.54, 1.807) is 36.4 Å². The number of nitrogens with one attached hydrogen (secondary N) is 1. The molecule has 0 bridgehead atoms. The quantitative estimate of drug-likeness (QED) is 0.672. The minimum atomic E-state index is -0.347. The third kappa shape index (κ3) is 3.16. The van der Waals surface area contributed by atoms with E-state index in [0.29, 0.717) is 27.5 Å². The number of rotatable bonds is 3. The van der Waals surface area contributed by atoms with Gasteiger partial charge in [0.15, 0.2) is 5.78 Å². The number of nitrogen functional groups attached to an aromatic ring is 1. The molecule has 0 aliphatic carbocycles. The van der Waals surface area contributed by atoms with Crippen molar-refractivity contribution >= 4 is 34.7 Å². The maximum atomic E-state index is 12.1. The van der Waals surface area contributed by atoms with E-state index < -0.39 is 0 Å². The van der Waals surface area contributed by atoms with E-state index in [1.165, 1.54) is 13.0 Å². The Bertz CT molecular complexity index is 683. The van der Waals surface area contributed by atoms with Gasteiger partial charge in [-0.2, -0.15) is 0 Å². The van der Waals surface area contributed by atoms with E-state index in [-0.39, 0.29) is 11.7 Å². The first-order valence-corrected chi connectivity index (χ1v) is 6.32. The summed E-state index contributed by atoms with van der Waals surface area (Å²) < 4.78 is 0. The average molecular weight is 289 g/mol. The van der Waals surface area contributed by atoms with Crippen molar-refractivity contribution in [2.24, 2.45) is 0 Å². The van der Waals surface area contributed by atoms with Crippen LogP contribution in [0.5, 0.6) is 0 Å². The number of halogens is 1. The molecule has 0 spiro atoms. The predicted molar refractivity (Wildman–Crippen MR) is 80.3 cm³/mol. The number of benzene rings is 2. The number of ketones is 1. The Morgan fingerprint density at radius 3 is 2.55 bits per heavy atom. The number of nitrogens with two attached hydrogens (primary N) is 1. The minimum Gasteiger partial charge on any atom is -0.398 e. The zero-order valence-corrected chi connectivity index (χ0v) is 11.6. The fraction of sp³-hybridized carbons (Fsp3) is 0.0667. The molecule has 20 heavy (non-hydrogen) atoms. The van der Waals surface area contributed by atoms with Crippen LogP contribution in [0.15, 0.2) is 42.5 Å². The van der Waals surface area contributed by atoms with Gasteiger partial charge in [0.1, 0.15) is 0 Å². The van der Waals surface area contributed by atoms with Gasteiger partial charge in [0, 0.05) is 22.0 Å². The molecule has 0 aliphatic rings. The summed E-state index contributed by atoms with van der Waals surface area (Å²) in [6, 6.07) is 11.4. The monoisotopic (exact) mass is 288 g/mol. The molecular formula is C15H13ClN2O2. The lowest BCUT2D eigenvalue weighted by molar-refractivity contribution is 0.101. The Morgan fingerprint density at radius 2 is 1.90 bits per heavy atom. The summed E-state index contributed by atoms with van der Waals surface area (Å²) in [6.45, 7) is 1.47. The molecule has 5 heteroatoms. The summed E-state index contributed by atoms with van der Waals surface area (Å²) >= 11 is 5.79. The van der Waals surface area contributed by atoms with Crippen LogP contribution in [0.4, 0.5) is 11.4 Å². The van der Waals surface area contributed by atoms with Gasteiger partial charge < -0.3 is 11.1 Å². The fourth-order valence-electron chi connectivity index (χ4n) is 1.75. The van der Waals surface area contributed by atoms with Gasteiger partial charge in [0.05, 0.1) is 5.56 Å². The van der Waals surface area contributed by atoms with E-state index >= 15 is 0 Å². The number of hydrogen-bond donors (Lipinski definition) is 2. The Kier molecular flexibility index (Phi) is 4.05. The SMILES string of the molecule is CC(=O)c1cccc(NC(=O)c2ccc(Cl)cc2N)c1. The molecule has 0 aromatic heterocycles. The van der Waals surface area contributed by atoms with Crippen molar-refractivity contribution in [3.63, 3.8) is 0 Å². The van der Waals surface area contributed by atoms with E-state index in [1.807, 2.05) is 0 Å². The van der Waals surface area contributed by atoms with Gasteiger partial charge in [-0.3, -0.25) is 9.59 Å². The van der Waals surface area contributed by atoms with Crippen LogP contribution in [0.3, 0.4) is 0 Å². The third-order valence-corrected chi connectivity index (χ3v) is 3.02. The maximum absolute atomic E-state index is 12.1. The molecule has 1 amide bonds. The molecule has 0 fully saturated rings. The largest absolute Gasteiger partial charge is 0.398 e. The Hall–Kier alpha value is -2.33. The minimum absolute atomic E-state index is 0.0629. The summed E-state index contributed by atoms with van der Waals surface area (Å²) in [5, 5.41) is 3.17. The van der Waals surface area contributed by atoms with E-state index in [9.17, 15) is 9.59 Å². The van der Waals surface area contributed by atoms with Gasteiger partial charge >= 0.3 is 0 Å². The van der Waals surface area contributed by atoms with E-state index in [4.69, 9.17) is 17.3 Å². The molecule has 0 saturated carbocycles. The van der Waals surface area contributed by atoms with Crippen molar-refractivity contribution in [1.82, 2.24) is 0 Å². The van der Waals surface area contributed by atoms with Crippen molar-refractivity contribution in [2.45, 2.75) is 6.92 Å². The van der Waals surface area contributed by atoms with Gasteiger partial charge in [0.25, 0.3) is 5.91 Å². The molecule has 0 saturated heterocycles. The van der Waals surface area contributed by atoms with Crippen LogP contribution in [-0.4, -0.2) is 11.7 Å². The van der Waals surface area contributed by atoms with Gasteiger partial charge in [-0.1, -0.05) is 23.7 Å². The summed E-state index contributed by atoms with van der Waals surface area (Å²) in [6.07, 6.45) is 0. The lowest BCUT2D eigenvalue weighted by Gasteiger charge is -2.08. The molecule has 102 valence electrons. The van der Waals surface area contributed by atoms with Crippen LogP contribution in [0, 0.1) is 0 Å². The molecule has 0 aliphatic heterocycles. The van der Waals surface area contributed by atoms with E-state index in [2.05, 4.69) is 5.32 Å². The van der Waals surface area contributed by atoms with Crippen molar-refractivity contribution < 1.29 is 9.59 Å². The first-order valence-electron chi connectivity index (χ1n) is 5.95. The lowest BCUT2D eigenvalue weighted by Crippen LogP contribution is -2.14. The van der Waals surface area contributed by atoms with Crippen LogP contribution in [0.2, 0.25) is 5.02 Å². The third-order valence-electron chi connectivity index (χ3n) is 2.79. The average Bonchev–Trinajstić information content (AvgIpc) is 2.38. The van der Waals surface area contributed by atoms with Crippen molar-refractivity contribution in [1.29, 1.82) is 0 Å². The predicted octanol–water partition coefficient (Wildman–Crippen LogP) is 3.38. The molecule has 0 unspecified atom stereocenters. The molecule has 2 aromatic rings. The summed E-state index contributed by atoms with van der Waals surface area (Å²) in [7, 11) is 0. The number of carbonyl (C=O) groups is 2. The highest BCUT2D eigenvalue weighted by molar-refractivity contribution is 6.31. The van der Waals surface area contributed by atoms with E-state index in [0.717, 1.165) is 0 Å². The second kappa shape index (κ2) is 5.75. The molecule has 2 aromatic carbocycles. The Labute approximate surface area is 121 Å². The highest BCUT2D eigenvalue weighted by atomic mass is 35.5. The van der Waals surface area contributed by atoms with Crippen LogP contribution in [0.25, 0.3) is 0 Å². The smallest absolute Gasteiger partial charge is 0.257 e. The number of amides is 1. The normalized spacial score (nSPS) is 10.1. The fourth-order valence-corrected chi connectivity index (χ4v) is 1.94.